The van der Waals surface area contributed by atoms with Crippen LogP contribution in [0.5, 0.6) is 0 Å². The predicted octanol–water partition coefficient (Wildman–Crippen LogP) is -0.0420. The smallest absolute Gasteiger partial charge is 0.315 e. The molecular weight excluding hydrogens is 316 g/mol. The first kappa shape index (κ1) is 15.7. The van der Waals surface area contributed by atoms with E-state index in [0.717, 1.165) is 0 Å². The van der Waals surface area contributed by atoms with Gasteiger partial charge in [-0.3, -0.25) is 4.79 Å². The number of nitrogens with one attached hydrogen (secondary N) is 3. The van der Waals surface area contributed by atoms with E-state index >= 15 is 0 Å². The van der Waals surface area contributed by atoms with Crippen molar-refractivity contribution in [2.75, 3.05) is 23.4 Å². The van der Waals surface area contributed by atoms with Crippen molar-refractivity contribution in [3.8, 4) is 0 Å². The monoisotopic (exact) mass is 332 g/mol. The summed E-state index contributed by atoms with van der Waals surface area (Å²) in [4.78, 5) is 27.0. The first-order valence-electron chi connectivity index (χ1n) is 6.39. The maximum atomic E-state index is 11.5. The number of nitrogens with zero attached hydrogens (tertiary/aromatic N) is 1. The SMILES string of the molecule is O=C(CCNC(=O)N[C@H]1CCS(=O)(=O)C1)Nc1nccs1. The number of sulfone groups is 1. The number of urea groups is 1. The highest BCUT2D eigenvalue weighted by molar-refractivity contribution is 7.91. The zero-order chi connectivity index (χ0) is 15.3. The van der Waals surface area contributed by atoms with E-state index in [1.807, 2.05) is 0 Å². The molecule has 8 nitrogen and oxygen atoms in total. The predicted molar refractivity (Wildman–Crippen MR) is 79.0 cm³/mol. The number of carbonyl (C=O) groups is 2. The van der Waals surface area contributed by atoms with E-state index in [9.17, 15) is 18.0 Å². The minimum absolute atomic E-state index is 0.0229. The standard InChI is InChI=1S/C11H16N4O4S2/c16-9(15-11-13-4-5-20-11)1-3-12-10(17)14-8-2-6-21(18,19)7-8/h4-5,8H,1-3,6-7H2,(H2,12,14,17)(H,13,15,16)/t8-/m0/s1. The van der Waals surface area contributed by atoms with E-state index in [-0.39, 0.29) is 36.4 Å². The number of aromatic nitrogens is 1. The van der Waals surface area contributed by atoms with Gasteiger partial charge in [0.25, 0.3) is 0 Å². The van der Waals surface area contributed by atoms with Crippen LogP contribution in [0.4, 0.5) is 9.93 Å². The minimum atomic E-state index is -3.02. The molecule has 0 spiro atoms. The Kier molecular flexibility index (Phi) is 5.12. The van der Waals surface area contributed by atoms with Crippen molar-refractivity contribution in [3.63, 3.8) is 0 Å². The average Bonchev–Trinajstić information content (AvgIpc) is 2.99. The quantitative estimate of drug-likeness (QED) is 0.699. The van der Waals surface area contributed by atoms with Crippen molar-refractivity contribution in [1.82, 2.24) is 15.6 Å². The van der Waals surface area contributed by atoms with Crippen molar-refractivity contribution >= 4 is 38.2 Å². The molecule has 1 fully saturated rings. The molecule has 2 rings (SSSR count). The zero-order valence-corrected chi connectivity index (χ0v) is 12.8. The molecule has 1 atom stereocenters. The Balaban J connectivity index is 1.62. The first-order valence-corrected chi connectivity index (χ1v) is 9.09. The summed E-state index contributed by atoms with van der Waals surface area (Å²) in [5.41, 5.74) is 0. The highest BCUT2D eigenvalue weighted by Gasteiger charge is 2.28. The summed E-state index contributed by atoms with van der Waals surface area (Å²) < 4.78 is 22.5. The topological polar surface area (TPSA) is 117 Å². The second-order valence-electron chi connectivity index (χ2n) is 4.64. The van der Waals surface area contributed by atoms with Gasteiger partial charge in [0.1, 0.15) is 0 Å². The highest BCUT2D eigenvalue weighted by Crippen LogP contribution is 2.11. The Morgan fingerprint density at radius 1 is 1.43 bits per heavy atom. The lowest BCUT2D eigenvalue weighted by atomic mass is 10.3. The van der Waals surface area contributed by atoms with Crippen molar-refractivity contribution in [2.24, 2.45) is 0 Å². The van der Waals surface area contributed by atoms with Crippen LogP contribution in [0.3, 0.4) is 0 Å². The second kappa shape index (κ2) is 6.85. The fourth-order valence-electron chi connectivity index (χ4n) is 1.90. The molecule has 1 aromatic rings. The van der Waals surface area contributed by atoms with Gasteiger partial charge in [-0.25, -0.2) is 18.2 Å². The summed E-state index contributed by atoms with van der Waals surface area (Å²) in [7, 11) is -3.02. The molecule has 1 saturated heterocycles. The lowest BCUT2D eigenvalue weighted by Gasteiger charge is -2.11. The van der Waals surface area contributed by atoms with Gasteiger partial charge in [0.2, 0.25) is 5.91 Å². The van der Waals surface area contributed by atoms with Gasteiger partial charge in [-0.05, 0) is 6.42 Å². The highest BCUT2D eigenvalue weighted by atomic mass is 32.2. The molecule has 0 bridgehead atoms. The van der Waals surface area contributed by atoms with Crippen molar-refractivity contribution in [2.45, 2.75) is 18.9 Å². The van der Waals surface area contributed by atoms with E-state index in [1.54, 1.807) is 11.6 Å². The third kappa shape index (κ3) is 5.31. The Labute approximate surface area is 126 Å². The maximum absolute atomic E-state index is 11.5. The number of amides is 3. The fraction of sp³-hybridized carbons (Fsp3) is 0.545. The lowest BCUT2D eigenvalue weighted by molar-refractivity contribution is -0.116. The Hall–Kier alpha value is -1.68. The van der Waals surface area contributed by atoms with Crippen molar-refractivity contribution in [3.05, 3.63) is 11.6 Å². The number of hydrogen-bond acceptors (Lipinski definition) is 6. The number of thiazole rings is 1. The van der Waals surface area contributed by atoms with Crippen LogP contribution in [-0.2, 0) is 14.6 Å². The molecule has 1 aliphatic rings. The summed E-state index contributed by atoms with van der Waals surface area (Å²) in [6, 6.07) is -0.807. The molecule has 3 N–H and O–H groups in total. The molecule has 0 unspecified atom stereocenters. The molecule has 0 aliphatic carbocycles. The Bertz CT molecular complexity index is 600. The largest absolute Gasteiger partial charge is 0.338 e. The van der Waals surface area contributed by atoms with Gasteiger partial charge in [0.15, 0.2) is 15.0 Å². The second-order valence-corrected chi connectivity index (χ2v) is 7.76. The number of rotatable bonds is 5. The molecule has 1 aromatic heterocycles. The zero-order valence-electron chi connectivity index (χ0n) is 11.2. The molecule has 0 aromatic carbocycles. The first-order chi connectivity index (χ1) is 9.94. The van der Waals surface area contributed by atoms with Gasteiger partial charge in [-0.2, -0.15) is 0 Å². The van der Waals surface area contributed by atoms with Crippen LogP contribution in [0.25, 0.3) is 0 Å². The lowest BCUT2D eigenvalue weighted by Crippen LogP contribution is -2.43. The van der Waals surface area contributed by atoms with Gasteiger partial charge in [0, 0.05) is 30.6 Å². The van der Waals surface area contributed by atoms with Crippen LogP contribution in [0.15, 0.2) is 11.6 Å². The van der Waals surface area contributed by atoms with Crippen LogP contribution in [0, 0.1) is 0 Å². The third-order valence-corrected chi connectivity index (χ3v) is 5.34. The van der Waals surface area contributed by atoms with Crippen LogP contribution in [0.2, 0.25) is 0 Å². The van der Waals surface area contributed by atoms with Gasteiger partial charge in [-0.15, -0.1) is 11.3 Å². The van der Waals surface area contributed by atoms with Crippen LogP contribution < -0.4 is 16.0 Å². The maximum Gasteiger partial charge on any atom is 0.315 e. The summed E-state index contributed by atoms with van der Waals surface area (Å²) >= 11 is 1.31. The van der Waals surface area contributed by atoms with Gasteiger partial charge >= 0.3 is 6.03 Å². The van der Waals surface area contributed by atoms with Gasteiger partial charge < -0.3 is 16.0 Å². The van der Waals surface area contributed by atoms with Gasteiger partial charge in [-0.1, -0.05) is 0 Å². The van der Waals surface area contributed by atoms with E-state index in [4.69, 9.17) is 0 Å². The number of carbonyl (C=O) groups excluding carboxylic acids is 2. The molecule has 2 heterocycles. The third-order valence-electron chi connectivity index (χ3n) is 2.88. The van der Waals surface area contributed by atoms with Gasteiger partial charge in [0.05, 0.1) is 11.5 Å². The molecule has 0 saturated carbocycles. The number of hydrogen-bond donors (Lipinski definition) is 3. The minimum Gasteiger partial charge on any atom is -0.338 e. The normalized spacial score (nSPS) is 19.9. The van der Waals surface area contributed by atoms with E-state index in [1.165, 1.54) is 11.3 Å². The summed E-state index contributed by atoms with van der Waals surface area (Å²) in [6.07, 6.45) is 2.14. The van der Waals surface area contributed by atoms with Crippen LogP contribution >= 0.6 is 11.3 Å². The van der Waals surface area contributed by atoms with Crippen molar-refractivity contribution in [1.29, 1.82) is 0 Å². The van der Waals surface area contributed by atoms with E-state index in [0.29, 0.717) is 11.6 Å². The molecule has 116 valence electrons. The molecule has 0 radical (unpaired) electrons. The summed E-state index contributed by atoms with van der Waals surface area (Å²) in [6.45, 7) is 0.169. The van der Waals surface area contributed by atoms with Crippen molar-refractivity contribution < 1.29 is 18.0 Å². The molecular formula is C11H16N4O4S2. The Morgan fingerprint density at radius 2 is 2.24 bits per heavy atom. The summed E-state index contributed by atoms with van der Waals surface area (Å²) in [5.74, 6) is -0.159. The average molecular weight is 332 g/mol. The molecule has 1 aliphatic heterocycles. The van der Waals surface area contributed by atoms with E-state index < -0.39 is 15.9 Å². The van der Waals surface area contributed by atoms with E-state index in [2.05, 4.69) is 20.9 Å². The molecule has 21 heavy (non-hydrogen) atoms. The van der Waals surface area contributed by atoms with Crippen LogP contribution in [0.1, 0.15) is 12.8 Å². The summed E-state index contributed by atoms with van der Waals surface area (Å²) in [5, 5.41) is 9.97. The Morgan fingerprint density at radius 3 is 2.86 bits per heavy atom. The molecule has 3 amide bonds. The van der Waals surface area contributed by atoms with Crippen LogP contribution in [-0.4, -0.2) is 49.4 Å². The molecule has 10 heteroatoms. The fourth-order valence-corrected chi connectivity index (χ4v) is 4.12. The number of anilines is 1.